The van der Waals surface area contributed by atoms with Gasteiger partial charge in [0.15, 0.2) is 11.5 Å². The minimum atomic E-state index is 0.516. The Hall–Kier alpha value is -2.56. The van der Waals surface area contributed by atoms with Crippen LogP contribution >= 0.6 is 0 Å². The van der Waals surface area contributed by atoms with Crippen LogP contribution < -0.4 is 9.47 Å². The molecule has 3 aromatic rings. The number of fused-ring (bicyclic) bond motifs is 1. The fraction of sp³-hybridized carbons (Fsp3) is 0.200. The van der Waals surface area contributed by atoms with Crippen molar-refractivity contribution in [2.24, 2.45) is 0 Å². The van der Waals surface area contributed by atoms with Gasteiger partial charge in [-0.1, -0.05) is 0 Å². The number of methoxy groups -OCH3 is 2. The van der Waals surface area contributed by atoms with Crippen molar-refractivity contribution >= 4 is 11.2 Å². The number of aryl methyl sites for hydroxylation is 1. The number of pyridine rings is 1. The molecule has 2 aromatic heterocycles. The Bertz CT molecular complexity index is 765. The first-order valence-electron chi connectivity index (χ1n) is 6.17. The van der Waals surface area contributed by atoms with Crippen LogP contribution in [0.4, 0.5) is 0 Å². The predicted octanol–water partition coefficient (Wildman–Crippen LogP) is 3.22. The zero-order valence-electron chi connectivity index (χ0n) is 11.5. The summed E-state index contributed by atoms with van der Waals surface area (Å²) in [5.74, 6) is 1.82. The van der Waals surface area contributed by atoms with Crippen LogP contribution in [-0.4, -0.2) is 24.2 Å². The predicted molar refractivity (Wildman–Crippen MR) is 75.1 cm³/mol. The second-order valence-electron chi connectivity index (χ2n) is 4.37. The summed E-state index contributed by atoms with van der Waals surface area (Å²) in [4.78, 5) is 8.67. The van der Waals surface area contributed by atoms with Gasteiger partial charge in [-0.2, -0.15) is 0 Å². The van der Waals surface area contributed by atoms with Crippen molar-refractivity contribution in [3.8, 4) is 23.0 Å². The highest BCUT2D eigenvalue weighted by Crippen LogP contribution is 2.33. The highest BCUT2D eigenvalue weighted by atomic mass is 16.5. The topological polar surface area (TPSA) is 57.4 Å². The minimum absolute atomic E-state index is 0.516. The molecular formula is C15H14N2O3. The van der Waals surface area contributed by atoms with E-state index < -0.39 is 0 Å². The molecule has 20 heavy (non-hydrogen) atoms. The molecule has 0 saturated carbocycles. The van der Waals surface area contributed by atoms with E-state index in [9.17, 15) is 0 Å². The molecule has 5 heteroatoms. The van der Waals surface area contributed by atoms with Crippen LogP contribution in [0.5, 0.6) is 11.5 Å². The number of ether oxygens (including phenoxy) is 2. The van der Waals surface area contributed by atoms with Crippen molar-refractivity contribution in [3.63, 3.8) is 0 Å². The quantitative estimate of drug-likeness (QED) is 0.731. The van der Waals surface area contributed by atoms with E-state index in [-0.39, 0.29) is 0 Å². The molecule has 1 aromatic carbocycles. The highest BCUT2D eigenvalue weighted by molar-refractivity contribution is 5.76. The summed E-state index contributed by atoms with van der Waals surface area (Å²) >= 11 is 0. The van der Waals surface area contributed by atoms with Crippen LogP contribution in [0.2, 0.25) is 0 Å². The second kappa shape index (κ2) is 4.85. The third-order valence-electron chi connectivity index (χ3n) is 3.13. The monoisotopic (exact) mass is 270 g/mol. The fourth-order valence-electron chi connectivity index (χ4n) is 2.04. The van der Waals surface area contributed by atoms with Crippen LogP contribution in [0.3, 0.4) is 0 Å². The zero-order chi connectivity index (χ0) is 14.1. The van der Waals surface area contributed by atoms with Gasteiger partial charge in [-0.25, -0.2) is 9.97 Å². The van der Waals surface area contributed by atoms with E-state index in [1.807, 2.05) is 31.2 Å². The fourth-order valence-corrected chi connectivity index (χ4v) is 2.04. The molecule has 0 N–H and O–H groups in total. The van der Waals surface area contributed by atoms with Crippen LogP contribution in [0.15, 0.2) is 34.9 Å². The SMILES string of the molecule is COc1ccc(-c2nc3c(C)ccnc3o2)cc1OC. The summed E-state index contributed by atoms with van der Waals surface area (Å²) in [6, 6.07) is 7.44. The summed E-state index contributed by atoms with van der Waals surface area (Å²) in [6.07, 6.45) is 1.71. The first-order chi connectivity index (χ1) is 9.72. The van der Waals surface area contributed by atoms with Crippen molar-refractivity contribution in [1.82, 2.24) is 9.97 Å². The van der Waals surface area contributed by atoms with Crippen molar-refractivity contribution in [2.45, 2.75) is 6.92 Å². The average Bonchev–Trinajstić information content (AvgIpc) is 2.92. The molecule has 0 spiro atoms. The minimum Gasteiger partial charge on any atom is -0.493 e. The number of aromatic nitrogens is 2. The Morgan fingerprint density at radius 1 is 1.05 bits per heavy atom. The van der Waals surface area contributed by atoms with Crippen LogP contribution in [0.1, 0.15) is 5.56 Å². The van der Waals surface area contributed by atoms with Gasteiger partial charge in [0.2, 0.25) is 11.6 Å². The van der Waals surface area contributed by atoms with E-state index in [2.05, 4.69) is 9.97 Å². The van der Waals surface area contributed by atoms with E-state index in [1.165, 1.54) is 0 Å². The largest absolute Gasteiger partial charge is 0.493 e. The van der Waals surface area contributed by atoms with Crippen molar-refractivity contribution < 1.29 is 13.9 Å². The number of nitrogens with zero attached hydrogens (tertiary/aromatic N) is 2. The van der Waals surface area contributed by atoms with E-state index in [0.717, 1.165) is 16.6 Å². The Morgan fingerprint density at radius 2 is 1.85 bits per heavy atom. The zero-order valence-corrected chi connectivity index (χ0v) is 11.5. The Morgan fingerprint density at radius 3 is 2.55 bits per heavy atom. The van der Waals surface area contributed by atoms with Gasteiger partial charge in [-0.15, -0.1) is 0 Å². The molecule has 0 aliphatic rings. The van der Waals surface area contributed by atoms with E-state index in [4.69, 9.17) is 13.9 Å². The van der Waals surface area contributed by atoms with Gasteiger partial charge in [0.25, 0.3) is 0 Å². The second-order valence-corrected chi connectivity index (χ2v) is 4.37. The van der Waals surface area contributed by atoms with Crippen molar-refractivity contribution in [3.05, 3.63) is 36.0 Å². The summed E-state index contributed by atoms with van der Waals surface area (Å²) < 4.78 is 16.2. The van der Waals surface area contributed by atoms with Gasteiger partial charge in [0.1, 0.15) is 5.52 Å². The molecule has 0 atom stereocenters. The first-order valence-corrected chi connectivity index (χ1v) is 6.17. The Kier molecular flexibility index (Phi) is 3.02. The lowest BCUT2D eigenvalue weighted by atomic mass is 10.2. The van der Waals surface area contributed by atoms with Gasteiger partial charge in [0, 0.05) is 11.8 Å². The summed E-state index contributed by atoms with van der Waals surface area (Å²) in [5, 5.41) is 0. The van der Waals surface area contributed by atoms with Gasteiger partial charge < -0.3 is 13.9 Å². The maximum Gasteiger partial charge on any atom is 0.247 e. The van der Waals surface area contributed by atoms with Gasteiger partial charge in [-0.3, -0.25) is 0 Å². The number of oxazole rings is 1. The summed E-state index contributed by atoms with van der Waals surface area (Å²) in [5.41, 5.74) is 3.16. The summed E-state index contributed by atoms with van der Waals surface area (Å²) in [6.45, 7) is 1.98. The smallest absolute Gasteiger partial charge is 0.247 e. The van der Waals surface area contributed by atoms with Crippen LogP contribution in [-0.2, 0) is 0 Å². The summed E-state index contributed by atoms with van der Waals surface area (Å²) in [7, 11) is 3.20. The molecule has 0 aliphatic carbocycles. The molecule has 0 saturated heterocycles. The first kappa shape index (κ1) is 12.5. The molecule has 0 bridgehead atoms. The third kappa shape index (κ3) is 1.97. The Labute approximate surface area is 116 Å². The van der Waals surface area contributed by atoms with Crippen LogP contribution in [0, 0.1) is 6.92 Å². The highest BCUT2D eigenvalue weighted by Gasteiger charge is 2.13. The number of hydrogen-bond acceptors (Lipinski definition) is 5. The molecular weight excluding hydrogens is 256 g/mol. The Balaban J connectivity index is 2.13. The normalized spacial score (nSPS) is 10.8. The molecule has 0 fully saturated rings. The molecule has 0 amide bonds. The lowest BCUT2D eigenvalue weighted by Crippen LogP contribution is -1.90. The molecule has 5 nitrogen and oxygen atoms in total. The molecule has 0 aliphatic heterocycles. The third-order valence-corrected chi connectivity index (χ3v) is 3.13. The number of benzene rings is 1. The van der Waals surface area contributed by atoms with Crippen LogP contribution in [0.25, 0.3) is 22.7 Å². The molecule has 3 rings (SSSR count). The lowest BCUT2D eigenvalue weighted by molar-refractivity contribution is 0.355. The van der Waals surface area contributed by atoms with Gasteiger partial charge >= 0.3 is 0 Å². The van der Waals surface area contributed by atoms with Gasteiger partial charge in [-0.05, 0) is 36.8 Å². The maximum absolute atomic E-state index is 5.69. The maximum atomic E-state index is 5.69. The number of hydrogen-bond donors (Lipinski definition) is 0. The van der Waals surface area contributed by atoms with E-state index in [1.54, 1.807) is 20.4 Å². The standard InChI is InChI=1S/C15H14N2O3/c1-9-6-7-16-15-13(9)17-14(20-15)10-4-5-11(18-2)12(8-10)19-3/h4-8H,1-3H3. The number of rotatable bonds is 3. The average molecular weight is 270 g/mol. The molecule has 2 heterocycles. The molecule has 0 unspecified atom stereocenters. The van der Waals surface area contributed by atoms with E-state index in [0.29, 0.717) is 23.1 Å². The van der Waals surface area contributed by atoms with Crippen molar-refractivity contribution in [2.75, 3.05) is 14.2 Å². The van der Waals surface area contributed by atoms with E-state index >= 15 is 0 Å². The molecule has 102 valence electrons. The lowest BCUT2D eigenvalue weighted by Gasteiger charge is -2.07. The van der Waals surface area contributed by atoms with Crippen molar-refractivity contribution in [1.29, 1.82) is 0 Å². The van der Waals surface area contributed by atoms with Gasteiger partial charge in [0.05, 0.1) is 14.2 Å². The molecule has 0 radical (unpaired) electrons.